The van der Waals surface area contributed by atoms with E-state index in [4.69, 9.17) is 16.7 Å². The van der Waals surface area contributed by atoms with Crippen molar-refractivity contribution in [2.75, 3.05) is 6.61 Å². The molecule has 0 spiro atoms. The normalized spacial score (nSPS) is 15.0. The molecule has 1 rings (SSSR count). The van der Waals surface area contributed by atoms with Gasteiger partial charge in [-0.1, -0.05) is 17.7 Å². The second kappa shape index (κ2) is 5.45. The Morgan fingerprint density at radius 1 is 1.47 bits per heavy atom. The van der Waals surface area contributed by atoms with Gasteiger partial charge in [-0.15, -0.1) is 0 Å². The van der Waals surface area contributed by atoms with Crippen LogP contribution in [-0.2, 0) is 0 Å². The molecule has 1 aromatic rings. The largest absolute Gasteiger partial charge is 0.395 e. The van der Waals surface area contributed by atoms with E-state index in [1.165, 1.54) is 12.1 Å². The van der Waals surface area contributed by atoms with Crippen LogP contribution in [0, 0.1) is 5.82 Å². The van der Waals surface area contributed by atoms with Gasteiger partial charge in [-0.05, 0) is 31.5 Å². The first-order valence-electron chi connectivity index (χ1n) is 4.86. The van der Waals surface area contributed by atoms with Gasteiger partial charge in [-0.25, -0.2) is 4.39 Å². The third kappa shape index (κ3) is 3.45. The molecule has 1 unspecified atom stereocenters. The first-order chi connectivity index (χ1) is 7.04. The molecule has 0 bridgehead atoms. The molecule has 0 saturated carbocycles. The molecule has 2 N–H and O–H groups in total. The first kappa shape index (κ1) is 12.4. The summed E-state index contributed by atoms with van der Waals surface area (Å²) in [6.07, 6.45) is 0. The number of hydrogen-bond acceptors (Lipinski definition) is 2. The minimum absolute atomic E-state index is 0.0129. The van der Waals surface area contributed by atoms with E-state index in [0.717, 1.165) is 5.56 Å². The fourth-order valence-electron chi connectivity index (χ4n) is 1.42. The van der Waals surface area contributed by atoms with Crippen LogP contribution in [0.5, 0.6) is 0 Å². The standard InChI is InChI=1S/C11H15ClFNO/c1-7(6-15)14-8(2)10-4-3-9(13)5-11(10)12/h3-5,7-8,14-15H,6H2,1-2H3/t7-,8?/m1/s1. The molecule has 0 saturated heterocycles. The molecule has 0 aromatic heterocycles. The molecular weight excluding hydrogens is 217 g/mol. The van der Waals surface area contributed by atoms with Gasteiger partial charge in [-0.3, -0.25) is 0 Å². The molecule has 0 radical (unpaired) electrons. The molecule has 0 aliphatic rings. The van der Waals surface area contributed by atoms with Crippen molar-refractivity contribution in [2.45, 2.75) is 25.9 Å². The Hall–Kier alpha value is -0.640. The average Bonchev–Trinajstić information content (AvgIpc) is 2.17. The van der Waals surface area contributed by atoms with E-state index < -0.39 is 0 Å². The molecule has 0 aliphatic heterocycles. The fraction of sp³-hybridized carbons (Fsp3) is 0.455. The van der Waals surface area contributed by atoms with Crippen molar-refractivity contribution in [3.05, 3.63) is 34.6 Å². The van der Waals surface area contributed by atoms with Gasteiger partial charge in [0.2, 0.25) is 0 Å². The average molecular weight is 232 g/mol. The highest BCUT2D eigenvalue weighted by atomic mass is 35.5. The maximum Gasteiger partial charge on any atom is 0.124 e. The Kier molecular flexibility index (Phi) is 4.51. The Balaban J connectivity index is 2.77. The van der Waals surface area contributed by atoms with Crippen molar-refractivity contribution in [2.24, 2.45) is 0 Å². The molecule has 84 valence electrons. The van der Waals surface area contributed by atoms with Gasteiger partial charge in [0.25, 0.3) is 0 Å². The Morgan fingerprint density at radius 3 is 2.67 bits per heavy atom. The SMILES string of the molecule is CC(N[C@H](C)CO)c1ccc(F)cc1Cl. The third-order valence-electron chi connectivity index (χ3n) is 2.24. The summed E-state index contributed by atoms with van der Waals surface area (Å²) in [5.74, 6) is -0.342. The van der Waals surface area contributed by atoms with Crippen LogP contribution in [0.2, 0.25) is 5.02 Å². The van der Waals surface area contributed by atoms with Crippen LogP contribution in [0.25, 0.3) is 0 Å². The lowest BCUT2D eigenvalue weighted by Crippen LogP contribution is -2.31. The zero-order valence-electron chi connectivity index (χ0n) is 8.80. The lowest BCUT2D eigenvalue weighted by molar-refractivity contribution is 0.243. The van der Waals surface area contributed by atoms with E-state index in [1.54, 1.807) is 6.07 Å². The number of halogens is 2. The van der Waals surface area contributed by atoms with Crippen LogP contribution in [0.4, 0.5) is 4.39 Å². The summed E-state index contributed by atoms with van der Waals surface area (Å²) in [6, 6.07) is 4.29. The highest BCUT2D eigenvalue weighted by Crippen LogP contribution is 2.23. The van der Waals surface area contributed by atoms with Crippen molar-refractivity contribution < 1.29 is 9.50 Å². The first-order valence-corrected chi connectivity index (χ1v) is 5.24. The van der Waals surface area contributed by atoms with Gasteiger partial charge in [-0.2, -0.15) is 0 Å². The van der Waals surface area contributed by atoms with Crippen LogP contribution in [-0.4, -0.2) is 17.8 Å². The van der Waals surface area contributed by atoms with Crippen LogP contribution in [0.1, 0.15) is 25.5 Å². The fourth-order valence-corrected chi connectivity index (χ4v) is 1.75. The molecule has 1 aromatic carbocycles. The molecule has 0 amide bonds. The van der Waals surface area contributed by atoms with Gasteiger partial charge in [0.1, 0.15) is 5.82 Å². The van der Waals surface area contributed by atoms with E-state index in [1.807, 2.05) is 13.8 Å². The Labute approximate surface area is 94.1 Å². The quantitative estimate of drug-likeness (QED) is 0.835. The van der Waals surface area contributed by atoms with Crippen molar-refractivity contribution in [1.82, 2.24) is 5.32 Å². The lowest BCUT2D eigenvalue weighted by Gasteiger charge is -2.19. The predicted molar refractivity (Wildman–Crippen MR) is 59.5 cm³/mol. The van der Waals surface area contributed by atoms with Gasteiger partial charge in [0.05, 0.1) is 6.61 Å². The zero-order chi connectivity index (χ0) is 11.4. The molecule has 2 atom stereocenters. The molecular formula is C11H15ClFNO. The summed E-state index contributed by atoms with van der Waals surface area (Å²) in [5, 5.41) is 12.4. The van der Waals surface area contributed by atoms with Gasteiger partial charge < -0.3 is 10.4 Å². The van der Waals surface area contributed by atoms with Crippen molar-refractivity contribution in [1.29, 1.82) is 0 Å². The van der Waals surface area contributed by atoms with E-state index in [-0.39, 0.29) is 24.5 Å². The number of benzene rings is 1. The van der Waals surface area contributed by atoms with E-state index >= 15 is 0 Å². The van der Waals surface area contributed by atoms with E-state index in [9.17, 15) is 4.39 Å². The van der Waals surface area contributed by atoms with Gasteiger partial charge >= 0.3 is 0 Å². The third-order valence-corrected chi connectivity index (χ3v) is 2.56. The predicted octanol–water partition coefficient (Wildman–Crippen LogP) is 2.51. The number of rotatable bonds is 4. The smallest absolute Gasteiger partial charge is 0.124 e. The van der Waals surface area contributed by atoms with E-state index in [2.05, 4.69) is 5.32 Å². The Morgan fingerprint density at radius 2 is 2.13 bits per heavy atom. The second-order valence-electron chi connectivity index (χ2n) is 3.64. The minimum atomic E-state index is -0.342. The number of aliphatic hydroxyl groups is 1. The highest BCUT2D eigenvalue weighted by Gasteiger charge is 2.12. The molecule has 0 aliphatic carbocycles. The van der Waals surface area contributed by atoms with Crippen molar-refractivity contribution in [3.8, 4) is 0 Å². The van der Waals surface area contributed by atoms with Gasteiger partial charge in [0.15, 0.2) is 0 Å². The van der Waals surface area contributed by atoms with Crippen molar-refractivity contribution in [3.63, 3.8) is 0 Å². The number of aliphatic hydroxyl groups excluding tert-OH is 1. The molecule has 2 nitrogen and oxygen atoms in total. The summed E-state index contributed by atoms with van der Waals surface area (Å²) in [4.78, 5) is 0. The maximum absolute atomic E-state index is 12.8. The summed E-state index contributed by atoms with van der Waals surface area (Å²) in [6.45, 7) is 3.85. The molecule has 4 heteroatoms. The lowest BCUT2D eigenvalue weighted by atomic mass is 10.1. The van der Waals surface area contributed by atoms with Crippen LogP contribution in [0.3, 0.4) is 0 Å². The topological polar surface area (TPSA) is 32.3 Å². The minimum Gasteiger partial charge on any atom is -0.395 e. The number of hydrogen-bond donors (Lipinski definition) is 2. The zero-order valence-corrected chi connectivity index (χ0v) is 9.55. The van der Waals surface area contributed by atoms with Gasteiger partial charge in [0, 0.05) is 17.1 Å². The summed E-state index contributed by atoms with van der Waals surface area (Å²) in [7, 11) is 0. The highest BCUT2D eigenvalue weighted by molar-refractivity contribution is 6.31. The molecule has 15 heavy (non-hydrogen) atoms. The van der Waals surface area contributed by atoms with E-state index in [0.29, 0.717) is 5.02 Å². The monoisotopic (exact) mass is 231 g/mol. The number of nitrogens with one attached hydrogen (secondary N) is 1. The summed E-state index contributed by atoms with van der Waals surface area (Å²) < 4.78 is 12.8. The summed E-state index contributed by atoms with van der Waals surface area (Å²) in [5.41, 5.74) is 0.832. The summed E-state index contributed by atoms with van der Waals surface area (Å²) >= 11 is 5.91. The van der Waals surface area contributed by atoms with Crippen LogP contribution < -0.4 is 5.32 Å². The second-order valence-corrected chi connectivity index (χ2v) is 4.05. The Bertz CT molecular complexity index is 332. The molecule has 0 fully saturated rings. The molecule has 0 heterocycles. The van der Waals surface area contributed by atoms with Crippen LogP contribution >= 0.6 is 11.6 Å². The van der Waals surface area contributed by atoms with Crippen LogP contribution in [0.15, 0.2) is 18.2 Å². The maximum atomic E-state index is 12.8. The van der Waals surface area contributed by atoms with Crippen molar-refractivity contribution >= 4 is 11.6 Å².